The highest BCUT2D eigenvalue weighted by Crippen LogP contribution is 2.28. The molecule has 2 aromatic carbocycles. The van der Waals surface area contributed by atoms with Gasteiger partial charge in [0.1, 0.15) is 5.82 Å². The molecule has 2 aliphatic rings. The van der Waals surface area contributed by atoms with E-state index in [2.05, 4.69) is 73.7 Å². The number of morpholine rings is 1. The van der Waals surface area contributed by atoms with Gasteiger partial charge in [0.25, 0.3) is 0 Å². The summed E-state index contributed by atoms with van der Waals surface area (Å²) in [6.45, 7) is 6.31. The predicted octanol–water partition coefficient (Wildman–Crippen LogP) is 3.48. The third-order valence-electron chi connectivity index (χ3n) is 7.41. The van der Waals surface area contributed by atoms with Gasteiger partial charge in [-0.25, -0.2) is 9.78 Å². The molecule has 0 saturated carbocycles. The van der Waals surface area contributed by atoms with E-state index in [1.165, 1.54) is 5.56 Å². The molecule has 2 amide bonds. The summed E-state index contributed by atoms with van der Waals surface area (Å²) >= 11 is 0. The van der Waals surface area contributed by atoms with Gasteiger partial charge in [-0.1, -0.05) is 60.7 Å². The van der Waals surface area contributed by atoms with E-state index < -0.39 is 0 Å². The number of fused-ring (bicyclic) bond motifs is 1. The van der Waals surface area contributed by atoms with Crippen LogP contribution in [0.25, 0.3) is 10.8 Å². The third-order valence-corrected chi connectivity index (χ3v) is 7.41. The van der Waals surface area contributed by atoms with E-state index in [0.29, 0.717) is 32.8 Å². The Morgan fingerprint density at radius 2 is 1.49 bits per heavy atom. The van der Waals surface area contributed by atoms with E-state index in [4.69, 9.17) is 9.84 Å². The van der Waals surface area contributed by atoms with Gasteiger partial charge >= 0.3 is 6.03 Å². The molecular weight excluding hydrogens is 490 g/mol. The lowest BCUT2D eigenvalue weighted by Crippen LogP contribution is -2.47. The van der Waals surface area contributed by atoms with Crippen LogP contribution in [0.2, 0.25) is 0 Å². The molecule has 4 aromatic rings. The Bertz CT molecular complexity index is 1400. The summed E-state index contributed by atoms with van der Waals surface area (Å²) < 4.78 is 5.31. The molecule has 9 nitrogen and oxygen atoms in total. The summed E-state index contributed by atoms with van der Waals surface area (Å²) in [4.78, 5) is 23.4. The maximum absolute atomic E-state index is 12.3. The zero-order chi connectivity index (χ0) is 26.4. The minimum atomic E-state index is -0.0535. The van der Waals surface area contributed by atoms with E-state index in [-0.39, 0.29) is 6.03 Å². The molecule has 0 bridgehead atoms. The Morgan fingerprint density at radius 1 is 0.769 bits per heavy atom. The lowest BCUT2D eigenvalue weighted by molar-refractivity contribution is 0.0531. The van der Waals surface area contributed by atoms with Crippen LogP contribution >= 0.6 is 0 Å². The lowest BCUT2D eigenvalue weighted by Gasteiger charge is -2.36. The topological polar surface area (TPSA) is 86.7 Å². The lowest BCUT2D eigenvalue weighted by atomic mass is 10.0. The normalized spacial score (nSPS) is 15.9. The van der Waals surface area contributed by atoms with Crippen molar-refractivity contribution in [1.29, 1.82) is 0 Å². The Hall–Kier alpha value is -4.24. The molecule has 9 heteroatoms. The summed E-state index contributed by atoms with van der Waals surface area (Å²) in [5.74, 6) is 1.90. The highest BCUT2D eigenvalue weighted by Gasteiger charge is 2.22. The molecule has 200 valence electrons. The SMILES string of the molecule is O=C(NCc1ccc(N2CCN(c3nnc(Cc4ccccc4)c4ccccc34)CC2)nc1)N1CCOCC1. The zero-order valence-corrected chi connectivity index (χ0v) is 22.0. The summed E-state index contributed by atoms with van der Waals surface area (Å²) in [5.41, 5.74) is 3.22. The number of piperazine rings is 1. The van der Waals surface area contributed by atoms with Crippen molar-refractivity contribution in [1.82, 2.24) is 25.4 Å². The second-order valence-electron chi connectivity index (χ2n) is 9.94. The van der Waals surface area contributed by atoms with Gasteiger partial charge in [0, 0.05) is 69.2 Å². The van der Waals surface area contributed by atoms with Crippen LogP contribution in [0.1, 0.15) is 16.8 Å². The van der Waals surface area contributed by atoms with Gasteiger partial charge in [0.2, 0.25) is 0 Å². The molecule has 0 aliphatic carbocycles. The van der Waals surface area contributed by atoms with Crippen LogP contribution in [-0.4, -0.2) is 78.6 Å². The number of benzene rings is 2. The van der Waals surface area contributed by atoms with Crippen LogP contribution < -0.4 is 15.1 Å². The fourth-order valence-corrected chi connectivity index (χ4v) is 5.21. The standard InChI is InChI=1S/C30H33N7O2/c38-30(37-16-18-39-19-17-37)32-22-24-10-11-28(31-21-24)35-12-14-36(15-13-35)29-26-9-5-4-8-25(26)27(33-34-29)20-23-6-2-1-3-7-23/h1-11,21H,12-20,22H2,(H,32,38). The van der Waals surface area contributed by atoms with E-state index >= 15 is 0 Å². The van der Waals surface area contributed by atoms with Gasteiger partial charge in [0.15, 0.2) is 5.82 Å². The maximum atomic E-state index is 12.3. The van der Waals surface area contributed by atoms with Crippen molar-refractivity contribution in [3.63, 3.8) is 0 Å². The molecule has 1 N–H and O–H groups in total. The molecular formula is C30H33N7O2. The number of amides is 2. The minimum absolute atomic E-state index is 0.0535. The van der Waals surface area contributed by atoms with E-state index in [1.807, 2.05) is 24.4 Å². The average molecular weight is 524 g/mol. The van der Waals surface area contributed by atoms with Gasteiger partial charge in [0.05, 0.1) is 18.9 Å². The minimum Gasteiger partial charge on any atom is -0.378 e. The van der Waals surface area contributed by atoms with Gasteiger partial charge in [-0.2, -0.15) is 5.10 Å². The number of ether oxygens (including phenoxy) is 1. The van der Waals surface area contributed by atoms with Crippen LogP contribution in [0, 0.1) is 0 Å². The Kier molecular flexibility index (Phi) is 7.49. The molecule has 0 atom stereocenters. The van der Waals surface area contributed by atoms with Crippen LogP contribution in [0.3, 0.4) is 0 Å². The molecule has 0 radical (unpaired) electrons. The van der Waals surface area contributed by atoms with Crippen molar-refractivity contribution in [2.75, 3.05) is 62.3 Å². The Labute approximate surface area is 228 Å². The van der Waals surface area contributed by atoms with Crippen molar-refractivity contribution in [2.45, 2.75) is 13.0 Å². The van der Waals surface area contributed by atoms with Crippen LogP contribution in [-0.2, 0) is 17.7 Å². The molecule has 2 aromatic heterocycles. The molecule has 4 heterocycles. The van der Waals surface area contributed by atoms with Crippen LogP contribution in [0.4, 0.5) is 16.4 Å². The molecule has 2 fully saturated rings. The van der Waals surface area contributed by atoms with E-state index in [1.54, 1.807) is 4.90 Å². The summed E-state index contributed by atoms with van der Waals surface area (Å²) in [5, 5.41) is 14.7. The number of nitrogens with zero attached hydrogens (tertiary/aromatic N) is 6. The first-order valence-electron chi connectivity index (χ1n) is 13.6. The fourth-order valence-electron chi connectivity index (χ4n) is 5.21. The summed E-state index contributed by atoms with van der Waals surface area (Å²) in [7, 11) is 0. The molecule has 0 unspecified atom stereocenters. The second kappa shape index (κ2) is 11.7. The predicted molar refractivity (Wildman–Crippen MR) is 152 cm³/mol. The molecule has 6 rings (SSSR count). The second-order valence-corrected chi connectivity index (χ2v) is 9.94. The van der Waals surface area contributed by atoms with Crippen LogP contribution in [0.15, 0.2) is 72.9 Å². The van der Waals surface area contributed by atoms with Crippen molar-refractivity contribution in [3.05, 3.63) is 89.7 Å². The zero-order valence-electron chi connectivity index (χ0n) is 22.0. The first kappa shape index (κ1) is 25.1. The number of rotatable bonds is 6. The highest BCUT2D eigenvalue weighted by molar-refractivity contribution is 5.93. The van der Waals surface area contributed by atoms with Crippen molar-refractivity contribution in [3.8, 4) is 0 Å². The first-order valence-corrected chi connectivity index (χ1v) is 13.6. The van der Waals surface area contributed by atoms with E-state index in [0.717, 1.165) is 66.3 Å². The van der Waals surface area contributed by atoms with Crippen molar-refractivity contribution < 1.29 is 9.53 Å². The molecule has 39 heavy (non-hydrogen) atoms. The summed E-state index contributed by atoms with van der Waals surface area (Å²) in [6, 6.07) is 22.9. The van der Waals surface area contributed by atoms with Gasteiger partial charge < -0.3 is 24.8 Å². The monoisotopic (exact) mass is 523 g/mol. The third kappa shape index (κ3) is 5.78. The van der Waals surface area contributed by atoms with E-state index in [9.17, 15) is 4.79 Å². The van der Waals surface area contributed by atoms with Crippen molar-refractivity contribution >= 4 is 28.4 Å². The number of urea groups is 1. The smallest absolute Gasteiger partial charge is 0.317 e. The Morgan fingerprint density at radius 3 is 2.23 bits per heavy atom. The highest BCUT2D eigenvalue weighted by atomic mass is 16.5. The van der Waals surface area contributed by atoms with Gasteiger partial charge in [-0.05, 0) is 17.2 Å². The number of hydrogen-bond donors (Lipinski definition) is 1. The van der Waals surface area contributed by atoms with Gasteiger partial charge in [-0.15, -0.1) is 5.10 Å². The number of carbonyl (C=O) groups is 1. The van der Waals surface area contributed by atoms with Gasteiger partial charge in [-0.3, -0.25) is 0 Å². The fraction of sp³-hybridized carbons (Fsp3) is 0.333. The van der Waals surface area contributed by atoms with Crippen molar-refractivity contribution in [2.24, 2.45) is 0 Å². The summed E-state index contributed by atoms with van der Waals surface area (Å²) in [6.07, 6.45) is 2.62. The maximum Gasteiger partial charge on any atom is 0.317 e. The number of aromatic nitrogens is 3. The Balaban J connectivity index is 1.07. The quantitative estimate of drug-likeness (QED) is 0.414. The number of nitrogens with one attached hydrogen (secondary N) is 1. The number of hydrogen-bond acceptors (Lipinski definition) is 7. The number of pyridine rings is 1. The average Bonchev–Trinajstić information content (AvgIpc) is 3.01. The largest absolute Gasteiger partial charge is 0.378 e. The first-order chi connectivity index (χ1) is 19.2. The molecule has 2 aliphatic heterocycles. The molecule has 0 spiro atoms. The number of anilines is 2. The van der Waals surface area contributed by atoms with Crippen LogP contribution in [0.5, 0.6) is 0 Å². The molecule has 2 saturated heterocycles. The number of carbonyl (C=O) groups excluding carboxylic acids is 1.